The van der Waals surface area contributed by atoms with Crippen LogP contribution >= 0.6 is 0 Å². The Morgan fingerprint density at radius 1 is 1.20 bits per heavy atom. The summed E-state index contributed by atoms with van der Waals surface area (Å²) in [5, 5.41) is 11.9. The van der Waals surface area contributed by atoms with Crippen molar-refractivity contribution in [2.75, 3.05) is 5.32 Å². The molecule has 2 aliphatic carbocycles. The van der Waals surface area contributed by atoms with Crippen molar-refractivity contribution in [3.8, 4) is 0 Å². The number of halogens is 1. The van der Waals surface area contributed by atoms with Gasteiger partial charge in [-0.3, -0.25) is 9.59 Å². The van der Waals surface area contributed by atoms with Crippen LogP contribution in [0.1, 0.15) is 6.42 Å². The zero-order valence-electron chi connectivity index (χ0n) is 10.6. The Bertz CT molecular complexity index is 599. The highest BCUT2D eigenvalue weighted by molar-refractivity contribution is 5.96. The molecule has 1 fully saturated rings. The molecule has 2 unspecified atom stereocenters. The largest absolute Gasteiger partial charge is 0.481 e. The fourth-order valence-electron chi connectivity index (χ4n) is 3.31. The molecular formula is C15H14FNO3. The number of nitrogens with one attached hydrogen (secondary N) is 1. The van der Waals surface area contributed by atoms with E-state index in [9.17, 15) is 19.1 Å². The van der Waals surface area contributed by atoms with Crippen molar-refractivity contribution < 1.29 is 19.1 Å². The van der Waals surface area contributed by atoms with Gasteiger partial charge in [-0.25, -0.2) is 4.39 Å². The smallest absolute Gasteiger partial charge is 0.307 e. The van der Waals surface area contributed by atoms with Crippen molar-refractivity contribution in [2.45, 2.75) is 6.42 Å². The van der Waals surface area contributed by atoms with E-state index in [4.69, 9.17) is 0 Å². The molecule has 20 heavy (non-hydrogen) atoms. The van der Waals surface area contributed by atoms with Gasteiger partial charge in [0.15, 0.2) is 0 Å². The lowest BCUT2D eigenvalue weighted by molar-refractivity contribution is -0.146. The molecule has 4 atom stereocenters. The summed E-state index contributed by atoms with van der Waals surface area (Å²) in [5.74, 6) is -3.09. The fourth-order valence-corrected chi connectivity index (χ4v) is 3.31. The molecule has 5 heteroatoms. The minimum absolute atomic E-state index is 0.0327. The van der Waals surface area contributed by atoms with E-state index in [0.29, 0.717) is 12.1 Å². The van der Waals surface area contributed by atoms with Crippen molar-refractivity contribution in [2.24, 2.45) is 23.7 Å². The molecule has 0 aromatic heterocycles. The molecule has 0 saturated heterocycles. The zero-order chi connectivity index (χ0) is 14.3. The van der Waals surface area contributed by atoms with Gasteiger partial charge in [0, 0.05) is 5.69 Å². The summed E-state index contributed by atoms with van der Waals surface area (Å²) in [5.41, 5.74) is 0.353. The topological polar surface area (TPSA) is 66.4 Å². The molecule has 0 spiro atoms. The Balaban J connectivity index is 1.80. The van der Waals surface area contributed by atoms with E-state index in [-0.39, 0.29) is 17.7 Å². The van der Waals surface area contributed by atoms with E-state index in [2.05, 4.69) is 5.32 Å². The summed E-state index contributed by atoms with van der Waals surface area (Å²) in [7, 11) is 0. The van der Waals surface area contributed by atoms with Crippen LogP contribution in [0.4, 0.5) is 10.1 Å². The third kappa shape index (κ3) is 2.09. The Hall–Kier alpha value is -2.17. The maximum Gasteiger partial charge on any atom is 0.307 e. The Kier molecular flexibility index (Phi) is 3.04. The van der Waals surface area contributed by atoms with E-state index < -0.39 is 23.6 Å². The third-order valence-electron chi connectivity index (χ3n) is 4.14. The Labute approximate surface area is 115 Å². The molecule has 1 saturated carbocycles. The number of carbonyl (C=O) groups excluding carboxylic acids is 1. The molecule has 3 rings (SSSR count). The quantitative estimate of drug-likeness (QED) is 0.832. The van der Waals surface area contributed by atoms with Crippen molar-refractivity contribution in [1.29, 1.82) is 0 Å². The molecule has 0 aliphatic heterocycles. The van der Waals surface area contributed by atoms with Crippen LogP contribution in [0.3, 0.4) is 0 Å². The fraction of sp³-hybridized carbons (Fsp3) is 0.333. The normalized spacial score (nSPS) is 30.4. The van der Waals surface area contributed by atoms with E-state index in [1.807, 2.05) is 12.2 Å². The van der Waals surface area contributed by atoms with Crippen LogP contribution in [0.5, 0.6) is 0 Å². The highest BCUT2D eigenvalue weighted by Crippen LogP contribution is 2.48. The highest BCUT2D eigenvalue weighted by Gasteiger charge is 2.51. The maximum absolute atomic E-state index is 13.1. The van der Waals surface area contributed by atoms with E-state index in [1.165, 1.54) is 18.2 Å². The second-order valence-corrected chi connectivity index (χ2v) is 5.34. The van der Waals surface area contributed by atoms with Gasteiger partial charge in [-0.1, -0.05) is 18.2 Å². The van der Waals surface area contributed by atoms with Gasteiger partial charge in [0.25, 0.3) is 0 Å². The van der Waals surface area contributed by atoms with Gasteiger partial charge in [-0.2, -0.15) is 0 Å². The first-order valence-corrected chi connectivity index (χ1v) is 6.54. The summed E-state index contributed by atoms with van der Waals surface area (Å²) in [4.78, 5) is 23.6. The number of carboxylic acids is 1. The molecule has 2 aliphatic rings. The predicted octanol–water partition coefficient (Wildman–Crippen LogP) is 2.29. The van der Waals surface area contributed by atoms with Crippen LogP contribution in [0.15, 0.2) is 36.4 Å². The van der Waals surface area contributed by atoms with Crippen LogP contribution in [-0.4, -0.2) is 17.0 Å². The van der Waals surface area contributed by atoms with Gasteiger partial charge in [0.2, 0.25) is 5.91 Å². The van der Waals surface area contributed by atoms with Crippen molar-refractivity contribution in [3.05, 3.63) is 42.2 Å². The molecule has 1 aromatic carbocycles. The Morgan fingerprint density at radius 2 is 1.90 bits per heavy atom. The molecule has 2 bridgehead atoms. The monoisotopic (exact) mass is 275 g/mol. The lowest BCUT2D eigenvalue weighted by atomic mass is 9.82. The molecular weight excluding hydrogens is 261 g/mol. The summed E-state index contributed by atoms with van der Waals surface area (Å²) in [6, 6.07) is 5.59. The maximum atomic E-state index is 13.1. The molecule has 4 nitrogen and oxygen atoms in total. The number of amides is 1. The Morgan fingerprint density at radius 3 is 2.55 bits per heavy atom. The average Bonchev–Trinajstić information content (AvgIpc) is 2.98. The lowest BCUT2D eigenvalue weighted by Gasteiger charge is -2.23. The lowest BCUT2D eigenvalue weighted by Crippen LogP contribution is -2.36. The average molecular weight is 275 g/mol. The zero-order valence-corrected chi connectivity index (χ0v) is 10.6. The molecule has 0 heterocycles. The number of hydrogen-bond acceptors (Lipinski definition) is 2. The van der Waals surface area contributed by atoms with Crippen LogP contribution in [0, 0.1) is 29.5 Å². The number of rotatable bonds is 3. The van der Waals surface area contributed by atoms with E-state index in [0.717, 1.165) is 0 Å². The first-order chi connectivity index (χ1) is 9.56. The number of benzene rings is 1. The first kappa shape index (κ1) is 12.8. The van der Waals surface area contributed by atoms with Crippen molar-refractivity contribution in [1.82, 2.24) is 0 Å². The van der Waals surface area contributed by atoms with Crippen LogP contribution < -0.4 is 5.32 Å². The van der Waals surface area contributed by atoms with Crippen LogP contribution in [-0.2, 0) is 9.59 Å². The van der Waals surface area contributed by atoms with Gasteiger partial charge in [0.1, 0.15) is 5.82 Å². The van der Waals surface area contributed by atoms with Gasteiger partial charge in [-0.05, 0) is 36.5 Å². The molecule has 2 N–H and O–H groups in total. The predicted molar refractivity (Wildman–Crippen MR) is 70.4 cm³/mol. The van der Waals surface area contributed by atoms with Gasteiger partial charge in [0.05, 0.1) is 11.8 Å². The molecule has 1 aromatic rings. The number of hydrogen-bond donors (Lipinski definition) is 2. The second-order valence-electron chi connectivity index (χ2n) is 5.34. The highest BCUT2D eigenvalue weighted by atomic mass is 19.1. The summed E-state index contributed by atoms with van der Waals surface area (Å²) in [6.07, 6.45) is 4.51. The number of carboxylic acid groups (broad SMARTS) is 1. The number of aliphatic carboxylic acids is 1. The van der Waals surface area contributed by atoms with E-state index >= 15 is 0 Å². The minimum Gasteiger partial charge on any atom is -0.481 e. The standard InChI is InChI=1S/C15H14FNO3/c16-10-2-1-3-11(7-10)17-14(18)12-8-4-5-9(6-8)13(12)15(19)20/h1-5,7-9,12-13H,6H2,(H,17,18)(H,19,20)/t8?,9?,12-,13+/m0/s1. The number of carbonyl (C=O) groups is 2. The number of anilines is 1. The second kappa shape index (κ2) is 4.74. The number of allylic oxidation sites excluding steroid dienone is 2. The van der Waals surface area contributed by atoms with Gasteiger partial charge in [-0.15, -0.1) is 0 Å². The van der Waals surface area contributed by atoms with Gasteiger partial charge < -0.3 is 10.4 Å². The minimum atomic E-state index is -0.943. The molecule has 1 amide bonds. The summed E-state index contributed by atoms with van der Waals surface area (Å²) in [6.45, 7) is 0. The van der Waals surface area contributed by atoms with Crippen LogP contribution in [0.2, 0.25) is 0 Å². The first-order valence-electron chi connectivity index (χ1n) is 6.54. The summed E-state index contributed by atoms with van der Waals surface area (Å²) < 4.78 is 13.1. The third-order valence-corrected chi connectivity index (χ3v) is 4.14. The molecule has 104 valence electrons. The van der Waals surface area contributed by atoms with Crippen LogP contribution in [0.25, 0.3) is 0 Å². The van der Waals surface area contributed by atoms with Crippen molar-refractivity contribution >= 4 is 17.6 Å². The van der Waals surface area contributed by atoms with Crippen molar-refractivity contribution in [3.63, 3.8) is 0 Å². The van der Waals surface area contributed by atoms with E-state index in [1.54, 1.807) is 6.07 Å². The SMILES string of the molecule is O=C(O)[C@@H]1C2C=CC(C2)[C@@H]1C(=O)Nc1cccc(F)c1. The number of fused-ring (bicyclic) bond motifs is 2. The summed E-state index contributed by atoms with van der Waals surface area (Å²) >= 11 is 0. The molecule has 0 radical (unpaired) electrons. The van der Waals surface area contributed by atoms with Gasteiger partial charge >= 0.3 is 5.97 Å².